The average Bonchev–Trinajstić information content (AvgIpc) is 2.58. The average molecular weight is 360 g/mol. The van der Waals surface area contributed by atoms with Crippen molar-refractivity contribution in [2.45, 2.75) is 51.4 Å². The first-order valence-electron chi connectivity index (χ1n) is 8.75. The summed E-state index contributed by atoms with van der Waals surface area (Å²) >= 11 is 0. The minimum Gasteiger partial charge on any atom is -0.422 e. The van der Waals surface area contributed by atoms with Crippen molar-refractivity contribution in [2.75, 3.05) is 11.4 Å². The molecule has 0 aliphatic carbocycles. The number of hydrogen-bond acceptors (Lipinski definition) is 7. The van der Waals surface area contributed by atoms with Gasteiger partial charge in [0.15, 0.2) is 5.41 Å². The highest BCUT2D eigenvalue weighted by Gasteiger charge is 2.64. The zero-order valence-corrected chi connectivity index (χ0v) is 14.7. The molecule has 26 heavy (non-hydrogen) atoms. The van der Waals surface area contributed by atoms with Gasteiger partial charge >= 0.3 is 11.9 Å². The quantitative estimate of drug-likeness (QED) is 0.328. The van der Waals surface area contributed by atoms with Gasteiger partial charge in [0.05, 0.1) is 11.0 Å². The zero-order valence-electron chi connectivity index (χ0n) is 14.7. The molecule has 0 unspecified atom stereocenters. The van der Waals surface area contributed by atoms with E-state index in [2.05, 4.69) is 0 Å². The summed E-state index contributed by atoms with van der Waals surface area (Å²) in [4.78, 5) is 38.7. The molecule has 3 heterocycles. The Kier molecular flexibility index (Phi) is 3.51. The number of rotatable bonds is 1. The highest BCUT2D eigenvalue weighted by atomic mass is 16.7. The van der Waals surface area contributed by atoms with Crippen LogP contribution in [0.1, 0.15) is 38.7 Å². The Balaban J connectivity index is 1.86. The van der Waals surface area contributed by atoms with Crippen LogP contribution in [-0.4, -0.2) is 35.2 Å². The van der Waals surface area contributed by atoms with Crippen molar-refractivity contribution < 1.29 is 24.0 Å². The van der Waals surface area contributed by atoms with Crippen LogP contribution < -0.4 is 4.90 Å². The normalized spacial score (nSPS) is 25.8. The summed E-state index contributed by atoms with van der Waals surface area (Å²) in [7, 11) is 0. The number of benzene rings is 1. The molecule has 0 saturated carbocycles. The van der Waals surface area contributed by atoms with Gasteiger partial charge < -0.3 is 14.4 Å². The predicted molar refractivity (Wildman–Crippen MR) is 90.5 cm³/mol. The lowest BCUT2D eigenvalue weighted by Crippen LogP contribution is -2.66. The summed E-state index contributed by atoms with van der Waals surface area (Å²) in [6.45, 7) is 3.73. The molecule has 3 aliphatic heterocycles. The van der Waals surface area contributed by atoms with Crippen molar-refractivity contribution in [3.05, 3.63) is 33.9 Å². The molecule has 1 aromatic carbocycles. The summed E-state index contributed by atoms with van der Waals surface area (Å²) in [6, 6.07) is 4.26. The van der Waals surface area contributed by atoms with Gasteiger partial charge in [-0.15, -0.1) is 0 Å². The number of hydrogen-bond donors (Lipinski definition) is 0. The molecule has 1 atom stereocenters. The molecular formula is C18H20N2O6. The van der Waals surface area contributed by atoms with E-state index in [1.807, 2.05) is 4.90 Å². The van der Waals surface area contributed by atoms with E-state index in [0.29, 0.717) is 18.5 Å². The Morgan fingerprint density at radius 2 is 1.88 bits per heavy atom. The van der Waals surface area contributed by atoms with Crippen LogP contribution in [0.25, 0.3) is 0 Å². The van der Waals surface area contributed by atoms with E-state index in [1.54, 1.807) is 6.07 Å². The fraction of sp³-hybridized carbons (Fsp3) is 0.556. The van der Waals surface area contributed by atoms with E-state index < -0.39 is 28.1 Å². The van der Waals surface area contributed by atoms with Crippen LogP contribution in [0.4, 0.5) is 11.4 Å². The molecule has 1 aromatic rings. The van der Waals surface area contributed by atoms with Crippen LogP contribution in [0.15, 0.2) is 18.2 Å². The molecule has 138 valence electrons. The maximum absolute atomic E-state index is 13.0. The van der Waals surface area contributed by atoms with Gasteiger partial charge in [-0.05, 0) is 30.9 Å². The molecular weight excluding hydrogens is 340 g/mol. The first-order valence-corrected chi connectivity index (χ1v) is 8.75. The number of nitro benzene ring substituents is 1. The number of anilines is 1. The van der Waals surface area contributed by atoms with Gasteiger partial charge in [0.1, 0.15) is 0 Å². The number of fused-ring (bicyclic) bond motifs is 4. The van der Waals surface area contributed by atoms with Crippen molar-refractivity contribution in [2.24, 2.45) is 5.41 Å². The number of nitrogens with zero attached hydrogens (tertiary/aromatic N) is 2. The number of nitro groups is 1. The summed E-state index contributed by atoms with van der Waals surface area (Å²) in [5.41, 5.74) is -0.0902. The molecule has 0 bridgehead atoms. The van der Waals surface area contributed by atoms with Gasteiger partial charge in [-0.1, -0.05) is 0 Å². The SMILES string of the molecule is CC1(C)OC(=O)C2(Cc3cc([N+](=O)[O-])ccc3N3CCCC[C@H]32)C(=O)O1. The van der Waals surface area contributed by atoms with Crippen LogP contribution >= 0.6 is 0 Å². The van der Waals surface area contributed by atoms with Gasteiger partial charge in [0, 0.05) is 44.6 Å². The minimum atomic E-state index is -1.47. The lowest BCUT2D eigenvalue weighted by atomic mass is 9.68. The molecule has 1 spiro atoms. The molecule has 0 radical (unpaired) electrons. The highest BCUT2D eigenvalue weighted by molar-refractivity contribution is 6.04. The topological polar surface area (TPSA) is 99.0 Å². The van der Waals surface area contributed by atoms with E-state index >= 15 is 0 Å². The van der Waals surface area contributed by atoms with E-state index in [1.165, 1.54) is 26.0 Å². The maximum Gasteiger partial charge on any atom is 0.329 e. The van der Waals surface area contributed by atoms with Crippen molar-refractivity contribution in [3.8, 4) is 0 Å². The number of carbonyl (C=O) groups excluding carboxylic acids is 2. The number of carbonyl (C=O) groups is 2. The van der Waals surface area contributed by atoms with E-state index in [9.17, 15) is 19.7 Å². The molecule has 4 rings (SSSR count). The maximum atomic E-state index is 13.0. The van der Waals surface area contributed by atoms with E-state index in [-0.39, 0.29) is 18.2 Å². The van der Waals surface area contributed by atoms with Gasteiger partial charge in [-0.25, -0.2) is 0 Å². The summed E-state index contributed by atoms with van der Waals surface area (Å²) in [5.74, 6) is -2.51. The van der Waals surface area contributed by atoms with Gasteiger partial charge in [-0.3, -0.25) is 19.7 Å². The second-order valence-corrected chi connectivity index (χ2v) is 7.60. The number of non-ortho nitro benzene ring substituents is 1. The predicted octanol–water partition coefficient (Wildman–Crippen LogP) is 2.33. The molecule has 3 aliphatic rings. The van der Waals surface area contributed by atoms with Crippen LogP contribution in [0.3, 0.4) is 0 Å². The van der Waals surface area contributed by atoms with Crippen molar-refractivity contribution in [1.82, 2.24) is 0 Å². The third-order valence-electron chi connectivity index (χ3n) is 5.53. The van der Waals surface area contributed by atoms with E-state index in [0.717, 1.165) is 18.5 Å². The van der Waals surface area contributed by atoms with Crippen molar-refractivity contribution in [1.29, 1.82) is 0 Å². The lowest BCUT2D eigenvalue weighted by molar-refractivity contribution is -0.384. The minimum absolute atomic E-state index is 0.0545. The Morgan fingerprint density at radius 1 is 1.19 bits per heavy atom. The first kappa shape index (κ1) is 16.8. The van der Waals surface area contributed by atoms with Gasteiger partial charge in [0.2, 0.25) is 0 Å². The molecule has 8 heteroatoms. The molecule has 2 saturated heterocycles. The second-order valence-electron chi connectivity index (χ2n) is 7.60. The Bertz CT molecular complexity index is 798. The van der Waals surface area contributed by atoms with Crippen LogP contribution in [0.5, 0.6) is 0 Å². The number of piperidine rings is 1. The third-order valence-corrected chi connectivity index (χ3v) is 5.53. The fourth-order valence-corrected chi connectivity index (χ4v) is 4.41. The Hall–Kier alpha value is -2.64. The summed E-state index contributed by atoms with van der Waals surface area (Å²) < 4.78 is 10.9. The van der Waals surface area contributed by atoms with Crippen LogP contribution in [0.2, 0.25) is 0 Å². The van der Waals surface area contributed by atoms with Crippen LogP contribution in [-0.2, 0) is 25.5 Å². The first-order chi connectivity index (χ1) is 12.2. The van der Waals surface area contributed by atoms with Crippen LogP contribution in [0, 0.1) is 15.5 Å². The smallest absolute Gasteiger partial charge is 0.329 e. The van der Waals surface area contributed by atoms with Crippen molar-refractivity contribution in [3.63, 3.8) is 0 Å². The monoisotopic (exact) mass is 360 g/mol. The fourth-order valence-electron chi connectivity index (χ4n) is 4.41. The second kappa shape index (κ2) is 5.43. The van der Waals surface area contributed by atoms with Gasteiger partial charge in [0.25, 0.3) is 11.5 Å². The standard InChI is InChI=1S/C18H20N2O6/c1-17(2)25-15(21)18(16(22)26-17)10-11-9-12(20(23)24)6-7-13(11)19-8-4-3-5-14(18)19/h6-7,9,14H,3-5,8,10H2,1-2H3/t14-/m0/s1. The number of esters is 2. The molecule has 0 N–H and O–H groups in total. The van der Waals surface area contributed by atoms with E-state index in [4.69, 9.17) is 9.47 Å². The van der Waals surface area contributed by atoms with Gasteiger partial charge in [-0.2, -0.15) is 0 Å². The summed E-state index contributed by atoms with van der Waals surface area (Å²) in [5, 5.41) is 11.2. The molecule has 0 amide bonds. The van der Waals surface area contributed by atoms with Crippen molar-refractivity contribution >= 4 is 23.3 Å². The lowest BCUT2D eigenvalue weighted by Gasteiger charge is -2.53. The Morgan fingerprint density at radius 3 is 2.54 bits per heavy atom. The highest BCUT2D eigenvalue weighted by Crippen LogP contribution is 2.49. The molecule has 8 nitrogen and oxygen atoms in total. The largest absolute Gasteiger partial charge is 0.422 e. The number of cyclic esters (lactones) is 2. The number of ether oxygens (including phenoxy) is 2. The zero-order chi connectivity index (χ0) is 18.7. The Labute approximate surface area is 150 Å². The third kappa shape index (κ3) is 2.28. The molecule has 0 aromatic heterocycles. The summed E-state index contributed by atoms with van der Waals surface area (Å²) in [6.07, 6.45) is 2.55. The molecule has 2 fully saturated rings.